The van der Waals surface area contributed by atoms with E-state index >= 15 is 0 Å². The van der Waals surface area contributed by atoms with E-state index in [4.69, 9.17) is 5.14 Å². The smallest absolute Gasteiger partial charge is 0.267 e. The molecular weight excluding hydrogens is 372 g/mol. The van der Waals surface area contributed by atoms with Crippen LogP contribution in [0.4, 0.5) is 11.4 Å². The maximum atomic E-state index is 12.7. The summed E-state index contributed by atoms with van der Waals surface area (Å²) in [6.07, 6.45) is 1.52. The quantitative estimate of drug-likeness (QED) is 0.487. The Balaban J connectivity index is 1.92. The summed E-state index contributed by atoms with van der Waals surface area (Å²) >= 11 is 0. The van der Waals surface area contributed by atoms with Gasteiger partial charge in [0.25, 0.3) is 11.6 Å². The molecule has 0 spiro atoms. The second-order valence-corrected chi connectivity index (χ2v) is 7.31. The number of carbonyl (C=O) groups excluding carboxylic acids is 1. The Morgan fingerprint density at radius 2 is 1.85 bits per heavy atom. The molecule has 0 saturated heterocycles. The average Bonchev–Trinajstić information content (AvgIpc) is 2.89. The zero-order chi connectivity index (χ0) is 19.8. The highest BCUT2D eigenvalue weighted by Gasteiger charge is 2.29. The molecule has 27 heavy (non-hydrogen) atoms. The zero-order valence-electron chi connectivity index (χ0n) is 14.1. The topological polar surface area (TPSA) is 136 Å². The minimum absolute atomic E-state index is 0.0778. The summed E-state index contributed by atoms with van der Waals surface area (Å²) in [5.74, 6) is -0.428. The number of nitrogens with two attached hydrogens (primary N) is 1. The number of hydrogen-bond donors (Lipinski definition) is 1. The predicted molar refractivity (Wildman–Crippen MR) is 99.5 cm³/mol. The molecule has 9 nitrogen and oxygen atoms in total. The van der Waals surface area contributed by atoms with Gasteiger partial charge in [-0.15, -0.1) is 0 Å². The van der Waals surface area contributed by atoms with E-state index in [2.05, 4.69) is 5.10 Å². The summed E-state index contributed by atoms with van der Waals surface area (Å²) in [5, 5.41) is 21.3. The zero-order valence-corrected chi connectivity index (χ0v) is 14.9. The van der Waals surface area contributed by atoms with Gasteiger partial charge in [0, 0.05) is 12.1 Å². The summed E-state index contributed by atoms with van der Waals surface area (Å²) in [4.78, 5) is 23.0. The van der Waals surface area contributed by atoms with Crippen LogP contribution in [0, 0.1) is 10.1 Å². The number of benzene rings is 2. The summed E-state index contributed by atoms with van der Waals surface area (Å²) < 4.78 is 22.7. The first kappa shape index (κ1) is 18.4. The van der Waals surface area contributed by atoms with Crippen molar-refractivity contribution in [3.05, 3.63) is 69.8 Å². The van der Waals surface area contributed by atoms with Crippen LogP contribution >= 0.6 is 0 Å². The monoisotopic (exact) mass is 386 g/mol. The van der Waals surface area contributed by atoms with E-state index in [0.717, 1.165) is 5.01 Å². The number of carbonyl (C=O) groups is 1. The van der Waals surface area contributed by atoms with Crippen LogP contribution in [-0.2, 0) is 14.8 Å². The number of primary sulfonamides is 1. The fourth-order valence-corrected chi connectivity index (χ4v) is 3.05. The molecule has 0 fully saturated rings. The number of nitro groups is 1. The fourth-order valence-electron chi connectivity index (χ4n) is 2.53. The van der Waals surface area contributed by atoms with Gasteiger partial charge in [-0.1, -0.05) is 12.1 Å². The molecule has 138 valence electrons. The average molecular weight is 386 g/mol. The Bertz CT molecular complexity index is 1100. The Kier molecular flexibility index (Phi) is 4.60. The standard InChI is InChI=1S/C17H14N4O5S/c1-11-16(10-12-3-2-4-14(9-12)21(23)24)17(22)20(19-11)13-5-7-15(8-6-13)27(18,25)26/h2-10H,1H3,(H2,18,25,26)/b16-10-. The van der Waals surface area contributed by atoms with E-state index in [1.54, 1.807) is 13.0 Å². The molecule has 10 heteroatoms. The largest absolute Gasteiger partial charge is 0.280 e. The number of hydrogen-bond acceptors (Lipinski definition) is 6. The van der Waals surface area contributed by atoms with Crippen molar-refractivity contribution in [2.75, 3.05) is 5.01 Å². The van der Waals surface area contributed by atoms with Crippen molar-refractivity contribution in [2.24, 2.45) is 10.2 Å². The van der Waals surface area contributed by atoms with E-state index in [1.807, 2.05) is 0 Å². The summed E-state index contributed by atoms with van der Waals surface area (Å²) in [5.41, 5.74) is 1.50. The van der Waals surface area contributed by atoms with E-state index in [-0.39, 0.29) is 16.2 Å². The lowest BCUT2D eigenvalue weighted by Gasteiger charge is -2.12. The van der Waals surface area contributed by atoms with E-state index < -0.39 is 20.9 Å². The van der Waals surface area contributed by atoms with Crippen LogP contribution in [-0.4, -0.2) is 25.0 Å². The third-order valence-electron chi connectivity index (χ3n) is 3.86. The highest BCUT2D eigenvalue weighted by Crippen LogP contribution is 2.26. The van der Waals surface area contributed by atoms with Gasteiger partial charge in [0.05, 0.1) is 26.8 Å². The molecule has 2 aromatic carbocycles. The van der Waals surface area contributed by atoms with Gasteiger partial charge in [-0.05, 0) is 42.8 Å². The van der Waals surface area contributed by atoms with Gasteiger partial charge in [-0.25, -0.2) is 13.6 Å². The Labute approximate surface area is 154 Å². The van der Waals surface area contributed by atoms with Crippen LogP contribution in [0.1, 0.15) is 12.5 Å². The summed E-state index contributed by atoms with van der Waals surface area (Å²) in [6.45, 7) is 1.64. The predicted octanol–water partition coefficient (Wildman–Crippen LogP) is 2.05. The van der Waals surface area contributed by atoms with Crippen LogP contribution < -0.4 is 10.1 Å². The number of rotatable bonds is 4. The number of amides is 1. The molecule has 0 unspecified atom stereocenters. The van der Waals surface area contributed by atoms with Crippen LogP contribution in [0.15, 0.2) is 64.1 Å². The Hall–Kier alpha value is -3.37. The molecule has 0 radical (unpaired) electrons. The molecule has 1 amide bonds. The van der Waals surface area contributed by atoms with Crippen molar-refractivity contribution < 1.29 is 18.1 Å². The highest BCUT2D eigenvalue weighted by molar-refractivity contribution is 7.89. The molecule has 0 aromatic heterocycles. The fraction of sp³-hybridized carbons (Fsp3) is 0.0588. The first-order valence-electron chi connectivity index (χ1n) is 7.66. The molecule has 1 aliphatic heterocycles. The van der Waals surface area contributed by atoms with E-state index in [1.165, 1.54) is 48.5 Å². The molecular formula is C17H14N4O5S. The highest BCUT2D eigenvalue weighted by atomic mass is 32.2. The van der Waals surface area contributed by atoms with Crippen molar-refractivity contribution in [1.29, 1.82) is 0 Å². The van der Waals surface area contributed by atoms with Crippen molar-refractivity contribution in [1.82, 2.24) is 0 Å². The molecule has 0 atom stereocenters. The van der Waals surface area contributed by atoms with Crippen molar-refractivity contribution in [2.45, 2.75) is 11.8 Å². The normalized spacial score (nSPS) is 15.9. The minimum atomic E-state index is -3.84. The van der Waals surface area contributed by atoms with Crippen LogP contribution in [0.25, 0.3) is 6.08 Å². The number of non-ortho nitro benzene ring substituents is 1. The Morgan fingerprint density at radius 1 is 1.19 bits per heavy atom. The first-order valence-corrected chi connectivity index (χ1v) is 9.20. The molecule has 2 aromatic rings. The van der Waals surface area contributed by atoms with Gasteiger partial charge in [0.1, 0.15) is 0 Å². The van der Waals surface area contributed by atoms with Gasteiger partial charge in [-0.2, -0.15) is 10.1 Å². The number of sulfonamides is 1. The van der Waals surface area contributed by atoms with Gasteiger partial charge < -0.3 is 0 Å². The van der Waals surface area contributed by atoms with Crippen molar-refractivity contribution in [3.8, 4) is 0 Å². The molecule has 0 aliphatic carbocycles. The third-order valence-corrected chi connectivity index (χ3v) is 4.79. The molecule has 1 heterocycles. The Morgan fingerprint density at radius 3 is 2.44 bits per heavy atom. The first-order chi connectivity index (χ1) is 12.7. The lowest BCUT2D eigenvalue weighted by molar-refractivity contribution is -0.384. The van der Waals surface area contributed by atoms with Gasteiger partial charge in [0.15, 0.2) is 0 Å². The minimum Gasteiger partial charge on any atom is -0.267 e. The van der Waals surface area contributed by atoms with Gasteiger partial charge in [0.2, 0.25) is 10.0 Å². The van der Waals surface area contributed by atoms with Gasteiger partial charge >= 0.3 is 0 Å². The second kappa shape index (κ2) is 6.74. The van der Waals surface area contributed by atoms with Crippen LogP contribution in [0.2, 0.25) is 0 Å². The maximum Gasteiger partial charge on any atom is 0.280 e. The molecule has 1 aliphatic rings. The van der Waals surface area contributed by atoms with Crippen LogP contribution in [0.3, 0.4) is 0 Å². The SMILES string of the molecule is CC1=NN(c2ccc(S(N)(=O)=O)cc2)C(=O)/C1=C\c1cccc([N+](=O)[O-])c1. The molecule has 2 N–H and O–H groups in total. The number of hydrazone groups is 1. The van der Waals surface area contributed by atoms with E-state index in [0.29, 0.717) is 17.0 Å². The lowest BCUT2D eigenvalue weighted by Crippen LogP contribution is -2.21. The van der Waals surface area contributed by atoms with Crippen molar-refractivity contribution >= 4 is 39.1 Å². The number of anilines is 1. The molecule has 0 saturated carbocycles. The number of nitrogens with zero attached hydrogens (tertiary/aromatic N) is 3. The van der Waals surface area contributed by atoms with Crippen LogP contribution in [0.5, 0.6) is 0 Å². The molecule has 3 rings (SSSR count). The lowest BCUT2D eigenvalue weighted by atomic mass is 10.1. The summed E-state index contributed by atoms with van der Waals surface area (Å²) in [7, 11) is -3.84. The molecule has 0 bridgehead atoms. The number of nitro benzene ring substituents is 1. The van der Waals surface area contributed by atoms with Gasteiger partial charge in [-0.3, -0.25) is 14.9 Å². The second-order valence-electron chi connectivity index (χ2n) is 5.75. The van der Waals surface area contributed by atoms with Crippen molar-refractivity contribution in [3.63, 3.8) is 0 Å². The third kappa shape index (κ3) is 3.76. The van der Waals surface area contributed by atoms with E-state index in [9.17, 15) is 23.3 Å². The maximum absolute atomic E-state index is 12.7. The summed E-state index contributed by atoms with van der Waals surface area (Å²) in [6, 6.07) is 11.3.